The van der Waals surface area contributed by atoms with E-state index in [0.29, 0.717) is 54.4 Å². The van der Waals surface area contributed by atoms with E-state index >= 15 is 0 Å². The summed E-state index contributed by atoms with van der Waals surface area (Å²) >= 11 is 1.43. The highest BCUT2D eigenvalue weighted by Gasteiger charge is 2.16. The number of carbonyl (C=O) groups excluding carboxylic acids is 1. The number of carbonyl (C=O) groups is 1. The van der Waals surface area contributed by atoms with Gasteiger partial charge < -0.3 is 20.1 Å². The van der Waals surface area contributed by atoms with E-state index in [1.807, 2.05) is 12.3 Å². The summed E-state index contributed by atoms with van der Waals surface area (Å²) in [6.45, 7) is 3.25. The Hall–Kier alpha value is -3.72. The van der Waals surface area contributed by atoms with Crippen molar-refractivity contribution < 1.29 is 18.7 Å². The molecule has 0 saturated carbocycles. The minimum absolute atomic E-state index is 0.245. The largest absolute Gasteiger partial charge is 0.493 e. The number of urea groups is 1. The van der Waals surface area contributed by atoms with Crippen LogP contribution in [0.5, 0.6) is 11.6 Å². The smallest absolute Gasteiger partial charge is 0.319 e. The molecule has 0 saturated heterocycles. The number of aromatic nitrogens is 2. The third kappa shape index (κ3) is 5.56. The number of amides is 2. The fourth-order valence-corrected chi connectivity index (χ4v) is 4.12. The first kappa shape index (κ1) is 22.5. The summed E-state index contributed by atoms with van der Waals surface area (Å²) in [6, 6.07) is 13.5. The van der Waals surface area contributed by atoms with Crippen LogP contribution in [-0.2, 0) is 0 Å². The number of nitrogens with zero attached hydrogens (tertiary/aromatic N) is 2. The normalized spacial score (nSPS) is 10.7. The Labute approximate surface area is 194 Å². The molecule has 0 aliphatic carbocycles. The van der Waals surface area contributed by atoms with Gasteiger partial charge in [0.2, 0.25) is 5.88 Å². The number of nitrogens with one attached hydrogen (secondary N) is 2. The molecular weight excluding hydrogens is 443 g/mol. The van der Waals surface area contributed by atoms with Crippen LogP contribution in [0.4, 0.5) is 14.9 Å². The van der Waals surface area contributed by atoms with Crippen molar-refractivity contribution in [3.05, 3.63) is 66.1 Å². The number of halogens is 1. The lowest BCUT2D eigenvalue weighted by molar-refractivity contribution is 0.244. The number of rotatable bonds is 9. The Morgan fingerprint density at radius 3 is 2.61 bits per heavy atom. The molecule has 4 rings (SSSR count). The monoisotopic (exact) mass is 466 g/mol. The maximum absolute atomic E-state index is 14.3. The van der Waals surface area contributed by atoms with E-state index in [4.69, 9.17) is 9.47 Å². The third-order valence-electron chi connectivity index (χ3n) is 4.75. The maximum Gasteiger partial charge on any atom is 0.319 e. The number of thiophene rings is 1. The topological polar surface area (TPSA) is 85.4 Å². The number of hydrogen-bond donors (Lipinski definition) is 2. The van der Waals surface area contributed by atoms with Crippen molar-refractivity contribution >= 4 is 33.3 Å². The van der Waals surface area contributed by atoms with E-state index < -0.39 is 0 Å². The molecule has 33 heavy (non-hydrogen) atoms. The van der Waals surface area contributed by atoms with Crippen molar-refractivity contribution in [2.75, 3.05) is 25.1 Å². The van der Waals surface area contributed by atoms with Gasteiger partial charge in [0.25, 0.3) is 0 Å². The van der Waals surface area contributed by atoms with Crippen molar-refractivity contribution in [2.24, 2.45) is 0 Å². The summed E-state index contributed by atoms with van der Waals surface area (Å²) in [6.07, 6.45) is 2.08. The van der Waals surface area contributed by atoms with Gasteiger partial charge in [0.1, 0.15) is 22.7 Å². The van der Waals surface area contributed by atoms with Gasteiger partial charge in [-0.2, -0.15) is 0 Å². The van der Waals surface area contributed by atoms with Crippen molar-refractivity contribution in [1.82, 2.24) is 15.3 Å². The molecule has 0 atom stereocenters. The standard InChI is InChI=1S/C24H23FN4O3S/c1-2-26-24(30)29-16-8-10-17(11-9-16)31-12-5-13-32-22-21-19(14-33-23(21)28-15-27-22)18-6-3-4-7-20(18)25/h3-4,6-11,14-15H,2,5,12-13H2,1H3,(H2,26,29,30). The van der Waals surface area contributed by atoms with Gasteiger partial charge >= 0.3 is 6.03 Å². The van der Waals surface area contributed by atoms with E-state index in [-0.39, 0.29) is 11.8 Å². The predicted octanol–water partition coefficient (Wildman–Crippen LogP) is 5.49. The summed E-state index contributed by atoms with van der Waals surface area (Å²) in [5.74, 6) is 0.827. The molecule has 0 aliphatic heterocycles. The van der Waals surface area contributed by atoms with Crippen LogP contribution in [0.1, 0.15) is 13.3 Å². The van der Waals surface area contributed by atoms with Crippen LogP contribution in [0.15, 0.2) is 60.2 Å². The number of ether oxygens (including phenoxy) is 2. The Balaban J connectivity index is 1.32. The van der Waals surface area contributed by atoms with Gasteiger partial charge in [-0.15, -0.1) is 11.3 Å². The summed E-state index contributed by atoms with van der Waals surface area (Å²) < 4.78 is 26.0. The fraction of sp³-hybridized carbons (Fsp3) is 0.208. The van der Waals surface area contributed by atoms with Crippen molar-refractivity contribution in [3.8, 4) is 22.8 Å². The van der Waals surface area contributed by atoms with Gasteiger partial charge in [-0.05, 0) is 37.3 Å². The van der Waals surface area contributed by atoms with Crippen molar-refractivity contribution in [1.29, 1.82) is 0 Å². The van der Waals surface area contributed by atoms with Crippen molar-refractivity contribution in [3.63, 3.8) is 0 Å². The molecule has 0 bridgehead atoms. The van der Waals surface area contributed by atoms with Gasteiger partial charge in [0.15, 0.2) is 0 Å². The maximum atomic E-state index is 14.3. The molecule has 0 aliphatic rings. The minimum Gasteiger partial charge on any atom is -0.493 e. The first-order valence-corrected chi connectivity index (χ1v) is 11.4. The van der Waals surface area contributed by atoms with E-state index in [1.54, 1.807) is 42.5 Å². The number of hydrogen-bond acceptors (Lipinski definition) is 6. The molecule has 7 nitrogen and oxygen atoms in total. The molecular formula is C24H23FN4O3S. The van der Waals surface area contributed by atoms with Crippen LogP contribution in [0.3, 0.4) is 0 Å². The molecule has 9 heteroatoms. The minimum atomic E-state index is -0.299. The highest BCUT2D eigenvalue weighted by Crippen LogP contribution is 2.38. The number of benzene rings is 2. The van der Waals surface area contributed by atoms with Crippen LogP contribution in [0, 0.1) is 5.82 Å². The van der Waals surface area contributed by atoms with Crippen LogP contribution >= 0.6 is 11.3 Å². The molecule has 4 aromatic rings. The molecule has 0 unspecified atom stereocenters. The highest BCUT2D eigenvalue weighted by molar-refractivity contribution is 7.17. The zero-order valence-electron chi connectivity index (χ0n) is 18.0. The van der Waals surface area contributed by atoms with Gasteiger partial charge in [0.05, 0.1) is 18.6 Å². The van der Waals surface area contributed by atoms with Crippen LogP contribution in [0.25, 0.3) is 21.3 Å². The second-order valence-electron chi connectivity index (χ2n) is 7.05. The fourth-order valence-electron chi connectivity index (χ4n) is 3.22. The molecule has 2 N–H and O–H groups in total. The molecule has 2 amide bonds. The van der Waals surface area contributed by atoms with E-state index in [1.165, 1.54) is 23.7 Å². The molecule has 0 fully saturated rings. The summed E-state index contributed by atoms with van der Waals surface area (Å²) in [7, 11) is 0. The average molecular weight is 467 g/mol. The Morgan fingerprint density at radius 1 is 1.03 bits per heavy atom. The summed E-state index contributed by atoms with van der Waals surface area (Å²) in [5, 5.41) is 7.99. The second kappa shape index (κ2) is 10.7. The molecule has 2 aromatic carbocycles. The predicted molar refractivity (Wildman–Crippen MR) is 128 cm³/mol. The molecule has 0 radical (unpaired) electrons. The van der Waals surface area contributed by atoms with Gasteiger partial charge in [-0.1, -0.05) is 18.2 Å². The quantitative estimate of drug-likeness (QED) is 0.319. The van der Waals surface area contributed by atoms with Crippen molar-refractivity contribution in [2.45, 2.75) is 13.3 Å². The second-order valence-corrected chi connectivity index (χ2v) is 7.91. The van der Waals surface area contributed by atoms with E-state index in [0.717, 1.165) is 10.4 Å². The Kier molecular flexibility index (Phi) is 7.31. The molecule has 170 valence electrons. The lowest BCUT2D eigenvalue weighted by Gasteiger charge is -2.10. The van der Waals surface area contributed by atoms with Gasteiger partial charge in [-0.3, -0.25) is 0 Å². The van der Waals surface area contributed by atoms with Crippen LogP contribution in [-0.4, -0.2) is 35.8 Å². The van der Waals surface area contributed by atoms with Gasteiger partial charge in [-0.25, -0.2) is 19.2 Å². The molecule has 0 spiro atoms. The molecule has 2 aromatic heterocycles. The average Bonchev–Trinajstić information content (AvgIpc) is 3.25. The lowest BCUT2D eigenvalue weighted by Crippen LogP contribution is -2.28. The number of fused-ring (bicyclic) bond motifs is 1. The SMILES string of the molecule is CCNC(=O)Nc1ccc(OCCCOc2ncnc3scc(-c4ccccc4F)c23)cc1. The summed E-state index contributed by atoms with van der Waals surface area (Å²) in [4.78, 5) is 20.8. The van der Waals surface area contributed by atoms with E-state index in [2.05, 4.69) is 20.6 Å². The zero-order chi connectivity index (χ0) is 23.0. The zero-order valence-corrected chi connectivity index (χ0v) is 18.8. The van der Waals surface area contributed by atoms with E-state index in [9.17, 15) is 9.18 Å². The Morgan fingerprint density at radius 2 is 1.82 bits per heavy atom. The van der Waals surface area contributed by atoms with Gasteiger partial charge in [0, 0.05) is 35.2 Å². The number of anilines is 1. The first-order chi connectivity index (χ1) is 16.2. The lowest BCUT2D eigenvalue weighted by atomic mass is 10.1. The third-order valence-corrected chi connectivity index (χ3v) is 5.63. The molecule has 2 heterocycles. The van der Waals surface area contributed by atoms with Crippen LogP contribution in [0.2, 0.25) is 0 Å². The van der Waals surface area contributed by atoms with Crippen LogP contribution < -0.4 is 20.1 Å². The Bertz CT molecular complexity index is 1230. The highest BCUT2D eigenvalue weighted by atomic mass is 32.1. The summed E-state index contributed by atoms with van der Waals surface area (Å²) in [5.41, 5.74) is 1.91. The first-order valence-electron chi connectivity index (χ1n) is 10.5.